The van der Waals surface area contributed by atoms with Crippen LogP contribution in [0.3, 0.4) is 0 Å². The summed E-state index contributed by atoms with van der Waals surface area (Å²) in [6.07, 6.45) is 0.778. The van der Waals surface area contributed by atoms with Gasteiger partial charge >= 0.3 is 0 Å². The van der Waals surface area contributed by atoms with Gasteiger partial charge in [0.2, 0.25) is 0 Å². The fourth-order valence-electron chi connectivity index (χ4n) is 2.93. The van der Waals surface area contributed by atoms with Crippen LogP contribution in [0.5, 0.6) is 11.5 Å². The van der Waals surface area contributed by atoms with Gasteiger partial charge in [0, 0.05) is 11.6 Å². The largest absolute Gasteiger partial charge is 0.486 e. The van der Waals surface area contributed by atoms with E-state index in [2.05, 4.69) is 6.07 Å². The summed E-state index contributed by atoms with van der Waals surface area (Å²) < 4.78 is 11.0. The lowest BCUT2D eigenvalue weighted by Gasteiger charge is -2.29. The van der Waals surface area contributed by atoms with Crippen molar-refractivity contribution in [1.29, 1.82) is 0 Å². The minimum absolute atomic E-state index is 0.0515. The van der Waals surface area contributed by atoms with Crippen LogP contribution < -0.4 is 9.47 Å². The molecule has 1 aliphatic carbocycles. The van der Waals surface area contributed by atoms with Gasteiger partial charge in [-0.25, -0.2) is 0 Å². The lowest BCUT2D eigenvalue weighted by molar-refractivity contribution is 0.0948. The molecule has 0 amide bonds. The number of rotatable bonds is 2. The average Bonchev–Trinajstić information content (AvgIpc) is 2.47. The molecule has 0 fully saturated rings. The molecule has 2 aromatic rings. The van der Waals surface area contributed by atoms with Crippen LogP contribution in [0.1, 0.15) is 27.4 Å². The topological polar surface area (TPSA) is 35.5 Å². The molecular weight excluding hydrogens is 288 g/mol. The molecule has 0 spiro atoms. The van der Waals surface area contributed by atoms with E-state index >= 15 is 0 Å². The molecular formula is C17H13ClO3. The fraction of sp³-hybridized carbons (Fsp3) is 0.235. The molecule has 2 aliphatic rings. The normalized spacial score (nSPS) is 18.6. The van der Waals surface area contributed by atoms with Crippen molar-refractivity contribution in [3.63, 3.8) is 0 Å². The molecule has 1 aliphatic heterocycles. The Labute approximate surface area is 127 Å². The van der Waals surface area contributed by atoms with E-state index in [1.807, 2.05) is 18.2 Å². The van der Waals surface area contributed by atoms with Crippen molar-refractivity contribution in [2.24, 2.45) is 0 Å². The summed E-state index contributed by atoms with van der Waals surface area (Å²) in [6.45, 7) is 1.00. The first kappa shape index (κ1) is 12.7. The van der Waals surface area contributed by atoms with E-state index in [9.17, 15) is 4.79 Å². The highest BCUT2D eigenvalue weighted by atomic mass is 35.5. The SMILES string of the molecule is O=C(c1cc2c(cc1Cl)OCCO2)C1Cc2ccccc21. The van der Waals surface area contributed by atoms with Crippen molar-refractivity contribution in [2.45, 2.75) is 12.3 Å². The van der Waals surface area contributed by atoms with Crippen molar-refractivity contribution in [3.8, 4) is 11.5 Å². The second kappa shape index (κ2) is 4.78. The first-order chi connectivity index (χ1) is 10.2. The Hall–Kier alpha value is -2.00. The van der Waals surface area contributed by atoms with Gasteiger partial charge in [-0.1, -0.05) is 35.9 Å². The lowest BCUT2D eigenvalue weighted by atomic mass is 9.74. The van der Waals surface area contributed by atoms with Crippen LogP contribution in [0.4, 0.5) is 0 Å². The number of hydrogen-bond donors (Lipinski definition) is 0. The monoisotopic (exact) mass is 300 g/mol. The van der Waals surface area contributed by atoms with Crippen LogP contribution in [-0.2, 0) is 6.42 Å². The molecule has 0 radical (unpaired) electrons. The summed E-state index contributed by atoms with van der Waals surface area (Å²) in [6, 6.07) is 11.4. The molecule has 21 heavy (non-hydrogen) atoms. The second-order valence-electron chi connectivity index (χ2n) is 5.30. The highest BCUT2D eigenvalue weighted by Crippen LogP contribution is 2.41. The van der Waals surface area contributed by atoms with Gasteiger partial charge in [-0.15, -0.1) is 0 Å². The van der Waals surface area contributed by atoms with Crippen LogP contribution in [0.15, 0.2) is 36.4 Å². The van der Waals surface area contributed by atoms with Crippen molar-refractivity contribution >= 4 is 17.4 Å². The molecule has 0 N–H and O–H groups in total. The van der Waals surface area contributed by atoms with E-state index in [4.69, 9.17) is 21.1 Å². The molecule has 1 unspecified atom stereocenters. The summed E-state index contributed by atoms with van der Waals surface area (Å²) in [7, 11) is 0. The highest BCUT2D eigenvalue weighted by molar-refractivity contribution is 6.34. The molecule has 4 rings (SSSR count). The van der Waals surface area contributed by atoms with Crippen molar-refractivity contribution in [2.75, 3.05) is 13.2 Å². The third kappa shape index (κ3) is 2.00. The Balaban J connectivity index is 1.70. The van der Waals surface area contributed by atoms with E-state index in [-0.39, 0.29) is 11.7 Å². The highest BCUT2D eigenvalue weighted by Gasteiger charge is 2.34. The van der Waals surface area contributed by atoms with Crippen molar-refractivity contribution in [3.05, 3.63) is 58.1 Å². The molecule has 0 aromatic heterocycles. The summed E-state index contributed by atoms with van der Waals surface area (Å²) in [5, 5.41) is 0.425. The van der Waals surface area contributed by atoms with Crippen LogP contribution in [-0.4, -0.2) is 19.0 Å². The maximum atomic E-state index is 12.7. The third-order valence-corrected chi connectivity index (χ3v) is 4.38. The van der Waals surface area contributed by atoms with Gasteiger partial charge in [0.15, 0.2) is 17.3 Å². The standard InChI is InChI=1S/C17H13ClO3/c18-14-9-16-15(20-5-6-21-16)8-13(14)17(19)12-7-10-3-1-2-4-11(10)12/h1-4,8-9,12H,5-7H2. The van der Waals surface area contributed by atoms with E-state index in [0.29, 0.717) is 35.3 Å². The Morgan fingerprint density at radius 2 is 1.81 bits per heavy atom. The average molecular weight is 301 g/mol. The molecule has 0 bridgehead atoms. The maximum absolute atomic E-state index is 12.7. The maximum Gasteiger partial charge on any atom is 0.172 e. The first-order valence-electron chi connectivity index (χ1n) is 6.95. The molecule has 1 atom stereocenters. The zero-order valence-electron chi connectivity index (χ0n) is 11.3. The number of benzene rings is 2. The summed E-state index contributed by atoms with van der Waals surface area (Å²) in [5.41, 5.74) is 2.86. The number of carbonyl (C=O) groups is 1. The van der Waals surface area contributed by atoms with Crippen molar-refractivity contribution < 1.29 is 14.3 Å². The zero-order chi connectivity index (χ0) is 14.4. The molecule has 1 heterocycles. The smallest absolute Gasteiger partial charge is 0.172 e. The number of ether oxygens (including phenoxy) is 2. The van der Waals surface area contributed by atoms with Gasteiger partial charge < -0.3 is 9.47 Å². The number of carbonyl (C=O) groups excluding carboxylic acids is 1. The number of fused-ring (bicyclic) bond motifs is 2. The number of Topliss-reactive ketones (excluding diaryl/α,β-unsaturated/α-hetero) is 1. The second-order valence-corrected chi connectivity index (χ2v) is 5.70. The Morgan fingerprint density at radius 1 is 1.10 bits per heavy atom. The van der Waals surface area contributed by atoms with Gasteiger partial charge in [-0.05, 0) is 23.6 Å². The minimum Gasteiger partial charge on any atom is -0.486 e. The molecule has 0 saturated heterocycles. The zero-order valence-corrected chi connectivity index (χ0v) is 12.0. The third-order valence-electron chi connectivity index (χ3n) is 4.07. The van der Waals surface area contributed by atoms with Crippen LogP contribution in [0.2, 0.25) is 5.02 Å². The minimum atomic E-state index is -0.0961. The van der Waals surface area contributed by atoms with Gasteiger partial charge in [0.1, 0.15) is 13.2 Å². The van der Waals surface area contributed by atoms with Gasteiger partial charge in [-0.2, -0.15) is 0 Å². The number of hydrogen-bond acceptors (Lipinski definition) is 3. The van der Waals surface area contributed by atoms with E-state index < -0.39 is 0 Å². The van der Waals surface area contributed by atoms with Gasteiger partial charge in [0.05, 0.1) is 10.9 Å². The van der Waals surface area contributed by atoms with Crippen LogP contribution in [0.25, 0.3) is 0 Å². The number of ketones is 1. The predicted molar refractivity (Wildman–Crippen MR) is 79.7 cm³/mol. The predicted octanol–water partition coefficient (Wildman–Crippen LogP) is 3.63. The van der Waals surface area contributed by atoms with Gasteiger partial charge in [-0.3, -0.25) is 4.79 Å². The summed E-state index contributed by atoms with van der Waals surface area (Å²) in [4.78, 5) is 12.7. The Bertz CT molecular complexity index is 739. The van der Waals surface area contributed by atoms with E-state index in [0.717, 1.165) is 12.0 Å². The van der Waals surface area contributed by atoms with Crippen molar-refractivity contribution in [1.82, 2.24) is 0 Å². The Morgan fingerprint density at radius 3 is 2.57 bits per heavy atom. The van der Waals surface area contributed by atoms with E-state index in [1.165, 1.54) is 5.56 Å². The molecule has 2 aromatic carbocycles. The lowest BCUT2D eigenvalue weighted by Crippen LogP contribution is -2.25. The summed E-state index contributed by atoms with van der Waals surface area (Å²) >= 11 is 6.25. The van der Waals surface area contributed by atoms with Gasteiger partial charge in [0.25, 0.3) is 0 Å². The summed E-state index contributed by atoms with van der Waals surface area (Å²) in [5.74, 6) is 1.16. The molecule has 4 heteroatoms. The van der Waals surface area contributed by atoms with E-state index in [1.54, 1.807) is 12.1 Å². The molecule has 0 saturated carbocycles. The van der Waals surface area contributed by atoms with Crippen LogP contribution >= 0.6 is 11.6 Å². The molecule has 3 nitrogen and oxygen atoms in total. The quantitative estimate of drug-likeness (QED) is 0.795. The van der Waals surface area contributed by atoms with Crippen LogP contribution in [0, 0.1) is 0 Å². The first-order valence-corrected chi connectivity index (χ1v) is 7.33. The number of halogens is 1. The fourth-order valence-corrected chi connectivity index (χ4v) is 3.18. The molecule has 106 valence electrons. The Kier molecular flexibility index (Phi) is 2.89.